The lowest BCUT2D eigenvalue weighted by Crippen LogP contribution is -2.09. The lowest BCUT2D eigenvalue weighted by Gasteiger charge is -2.09. The maximum Gasteiger partial charge on any atom is 0.441 e. The second-order valence-electron chi connectivity index (χ2n) is 3.74. The van der Waals surface area contributed by atoms with Crippen LogP contribution in [0.2, 0.25) is 0 Å². The van der Waals surface area contributed by atoms with Gasteiger partial charge in [-0.25, -0.2) is 4.98 Å². The molecule has 0 N–H and O–H groups in total. The molecule has 0 bridgehead atoms. The molecule has 8 heteroatoms. The van der Waals surface area contributed by atoms with Crippen LogP contribution in [0.15, 0.2) is 22.7 Å². The average molecular weight is 374 g/mol. The second-order valence-corrected chi connectivity index (χ2v) is 6.08. The van der Waals surface area contributed by atoms with Gasteiger partial charge in [0.1, 0.15) is 5.82 Å². The molecule has 0 unspecified atom stereocenters. The maximum absolute atomic E-state index is 12.1. The van der Waals surface area contributed by atoms with Gasteiger partial charge < -0.3 is 4.57 Å². The normalized spacial score (nSPS) is 12.3. The highest BCUT2D eigenvalue weighted by atomic mass is 79.9. The van der Waals surface area contributed by atoms with Gasteiger partial charge in [-0.15, -0.1) is 11.6 Å². The van der Waals surface area contributed by atoms with Crippen LogP contribution in [-0.2, 0) is 12.4 Å². The Morgan fingerprint density at radius 2 is 2.11 bits per heavy atom. The zero-order chi connectivity index (χ0) is 14.0. The second kappa shape index (κ2) is 5.93. The van der Waals surface area contributed by atoms with Crippen molar-refractivity contribution >= 4 is 50.3 Å². The molecule has 1 aromatic carbocycles. The van der Waals surface area contributed by atoms with Crippen molar-refractivity contribution in [2.75, 3.05) is 5.75 Å². The van der Waals surface area contributed by atoms with Crippen LogP contribution in [-0.4, -0.2) is 20.8 Å². The zero-order valence-electron chi connectivity index (χ0n) is 9.55. The first-order chi connectivity index (χ1) is 8.90. The predicted molar refractivity (Wildman–Crippen MR) is 75.5 cm³/mol. The minimum Gasteiger partial charge on any atom is -0.326 e. The Balaban J connectivity index is 2.27. The summed E-state index contributed by atoms with van der Waals surface area (Å²) in [5.41, 5.74) is -2.69. The third kappa shape index (κ3) is 3.79. The summed E-state index contributed by atoms with van der Waals surface area (Å²) in [6.45, 7) is 0.221. The van der Waals surface area contributed by atoms with Crippen LogP contribution in [0.5, 0.6) is 0 Å². The zero-order valence-corrected chi connectivity index (χ0v) is 12.7. The SMILES string of the molecule is FC(F)(F)SCCn1c(CCl)nc2ccc(Br)cc21. The minimum atomic E-state index is -4.21. The molecule has 0 spiro atoms. The number of rotatable bonds is 4. The Labute approximate surface area is 125 Å². The highest BCUT2D eigenvalue weighted by molar-refractivity contribution is 9.10. The molecule has 0 saturated carbocycles. The fourth-order valence-corrected chi connectivity index (χ4v) is 2.81. The number of halogens is 5. The van der Waals surface area contributed by atoms with Gasteiger partial charge in [-0.2, -0.15) is 13.2 Å². The number of imidazole rings is 1. The van der Waals surface area contributed by atoms with Crippen LogP contribution >= 0.6 is 39.3 Å². The Bertz CT molecular complexity index is 585. The molecule has 0 fully saturated rings. The number of hydrogen-bond donors (Lipinski definition) is 0. The fourth-order valence-electron chi connectivity index (χ4n) is 1.75. The number of benzene rings is 1. The van der Waals surface area contributed by atoms with Crippen LogP contribution < -0.4 is 0 Å². The molecule has 0 amide bonds. The highest BCUT2D eigenvalue weighted by Crippen LogP contribution is 2.31. The molecule has 1 heterocycles. The van der Waals surface area contributed by atoms with E-state index in [0.29, 0.717) is 5.82 Å². The van der Waals surface area contributed by atoms with Crippen molar-refractivity contribution in [1.82, 2.24) is 9.55 Å². The van der Waals surface area contributed by atoms with Crippen molar-refractivity contribution < 1.29 is 13.2 Å². The molecule has 0 saturated heterocycles. The number of alkyl halides is 4. The first-order valence-corrected chi connectivity index (χ1v) is 7.63. The van der Waals surface area contributed by atoms with Crippen molar-refractivity contribution in [1.29, 1.82) is 0 Å². The summed E-state index contributed by atoms with van der Waals surface area (Å²) in [4.78, 5) is 4.31. The van der Waals surface area contributed by atoms with Crippen LogP contribution in [0, 0.1) is 0 Å². The van der Waals surface area contributed by atoms with Crippen molar-refractivity contribution in [3.63, 3.8) is 0 Å². The Morgan fingerprint density at radius 3 is 2.74 bits per heavy atom. The first-order valence-electron chi connectivity index (χ1n) is 5.32. The van der Waals surface area contributed by atoms with Gasteiger partial charge in [-0.1, -0.05) is 15.9 Å². The molecule has 2 rings (SSSR count). The summed E-state index contributed by atoms with van der Waals surface area (Å²) < 4.78 is 39.0. The number of nitrogens with zero attached hydrogens (tertiary/aromatic N) is 2. The molecule has 1 aromatic heterocycles. The lowest BCUT2D eigenvalue weighted by molar-refractivity contribution is -0.0328. The molecule has 2 aromatic rings. The van der Waals surface area contributed by atoms with Gasteiger partial charge in [0.25, 0.3) is 0 Å². The third-order valence-electron chi connectivity index (χ3n) is 2.49. The van der Waals surface area contributed by atoms with Gasteiger partial charge in [-0.05, 0) is 30.0 Å². The number of aromatic nitrogens is 2. The van der Waals surface area contributed by atoms with Gasteiger partial charge in [0.05, 0.1) is 16.9 Å². The molecule has 19 heavy (non-hydrogen) atoms. The van der Waals surface area contributed by atoms with Crippen molar-refractivity contribution in [3.05, 3.63) is 28.5 Å². The number of hydrogen-bond acceptors (Lipinski definition) is 2. The minimum absolute atomic E-state index is 0.0397. The molecular weight excluding hydrogens is 365 g/mol. The molecule has 104 valence electrons. The Hall–Kier alpha value is -0.400. The van der Waals surface area contributed by atoms with Gasteiger partial charge >= 0.3 is 5.51 Å². The topological polar surface area (TPSA) is 17.8 Å². The Morgan fingerprint density at radius 1 is 1.37 bits per heavy atom. The van der Waals surface area contributed by atoms with E-state index in [-0.39, 0.29) is 29.9 Å². The van der Waals surface area contributed by atoms with E-state index in [1.54, 1.807) is 4.57 Å². The maximum atomic E-state index is 12.1. The molecular formula is C11H9BrClF3N2S. The number of aryl methyl sites for hydroxylation is 1. The molecule has 0 aliphatic heterocycles. The lowest BCUT2D eigenvalue weighted by atomic mass is 10.3. The fraction of sp³-hybridized carbons (Fsp3) is 0.364. The summed E-state index contributed by atoms with van der Waals surface area (Å²) in [5, 5.41) is 0. The quantitative estimate of drug-likeness (QED) is 0.717. The van der Waals surface area contributed by atoms with E-state index in [1.165, 1.54) is 0 Å². The monoisotopic (exact) mass is 372 g/mol. The summed E-state index contributed by atoms with van der Waals surface area (Å²) in [6, 6.07) is 5.47. The van der Waals surface area contributed by atoms with Crippen LogP contribution in [0.1, 0.15) is 5.82 Å². The Kier molecular flexibility index (Phi) is 4.68. The number of fused-ring (bicyclic) bond motifs is 1. The van der Waals surface area contributed by atoms with Crippen LogP contribution in [0.25, 0.3) is 11.0 Å². The van der Waals surface area contributed by atoms with Crippen molar-refractivity contribution in [2.24, 2.45) is 0 Å². The van der Waals surface area contributed by atoms with Crippen molar-refractivity contribution in [3.8, 4) is 0 Å². The highest BCUT2D eigenvalue weighted by Gasteiger charge is 2.27. The van der Waals surface area contributed by atoms with E-state index >= 15 is 0 Å². The summed E-state index contributed by atoms with van der Waals surface area (Å²) >= 11 is 9.09. The van der Waals surface area contributed by atoms with E-state index in [4.69, 9.17) is 11.6 Å². The predicted octanol–water partition coefficient (Wildman–Crippen LogP) is 4.79. The van der Waals surface area contributed by atoms with Gasteiger partial charge in [-0.3, -0.25) is 0 Å². The summed E-state index contributed by atoms with van der Waals surface area (Å²) in [6.07, 6.45) is 0. The first kappa shape index (κ1) is 15.0. The number of thioether (sulfide) groups is 1. The van der Waals surface area contributed by atoms with Gasteiger partial charge in [0.2, 0.25) is 0 Å². The third-order valence-corrected chi connectivity index (χ3v) is 3.94. The largest absolute Gasteiger partial charge is 0.441 e. The molecule has 0 aliphatic carbocycles. The van der Waals surface area contributed by atoms with E-state index in [2.05, 4.69) is 20.9 Å². The van der Waals surface area contributed by atoms with E-state index in [0.717, 1.165) is 15.5 Å². The van der Waals surface area contributed by atoms with E-state index in [9.17, 15) is 13.2 Å². The molecule has 2 nitrogen and oxygen atoms in total. The molecule has 0 radical (unpaired) electrons. The van der Waals surface area contributed by atoms with Crippen LogP contribution in [0.3, 0.4) is 0 Å². The van der Waals surface area contributed by atoms with E-state index < -0.39 is 5.51 Å². The smallest absolute Gasteiger partial charge is 0.326 e. The molecule has 0 atom stereocenters. The van der Waals surface area contributed by atoms with Crippen LogP contribution in [0.4, 0.5) is 13.2 Å². The summed E-state index contributed by atoms with van der Waals surface area (Å²) in [7, 11) is 0. The van der Waals surface area contributed by atoms with Gasteiger partial charge in [0, 0.05) is 16.8 Å². The standard InChI is InChI=1S/C11H9BrClF3N2S/c12-7-1-2-8-9(5-7)18(10(6-13)17-8)3-4-19-11(14,15)16/h1-2,5H,3-4,6H2. The van der Waals surface area contributed by atoms with Gasteiger partial charge in [0.15, 0.2) is 0 Å². The van der Waals surface area contributed by atoms with Crippen molar-refractivity contribution in [2.45, 2.75) is 17.9 Å². The molecule has 0 aliphatic rings. The van der Waals surface area contributed by atoms with E-state index in [1.807, 2.05) is 18.2 Å². The summed E-state index contributed by atoms with van der Waals surface area (Å²) in [5.74, 6) is 0.687. The average Bonchev–Trinajstić information content (AvgIpc) is 2.65.